The Morgan fingerprint density at radius 1 is 0.973 bits per heavy atom. The van der Waals surface area contributed by atoms with Crippen molar-refractivity contribution in [3.63, 3.8) is 0 Å². The van der Waals surface area contributed by atoms with E-state index < -0.39 is 12.1 Å². The highest BCUT2D eigenvalue weighted by Crippen LogP contribution is 2.36. The van der Waals surface area contributed by atoms with Gasteiger partial charge in [0.1, 0.15) is 12.4 Å². The van der Waals surface area contributed by atoms with Crippen molar-refractivity contribution < 1.29 is 19.4 Å². The van der Waals surface area contributed by atoms with Crippen molar-refractivity contribution in [2.75, 3.05) is 26.8 Å². The van der Waals surface area contributed by atoms with Crippen molar-refractivity contribution in [1.29, 1.82) is 0 Å². The van der Waals surface area contributed by atoms with E-state index in [0.717, 1.165) is 43.5 Å². The summed E-state index contributed by atoms with van der Waals surface area (Å²) in [4.78, 5) is 13.8. The first-order valence-electron chi connectivity index (χ1n) is 13.5. The molecule has 0 amide bonds. The predicted octanol–water partition coefficient (Wildman–Crippen LogP) is 5.87. The molecule has 0 spiro atoms. The quantitative estimate of drug-likeness (QED) is 0.336. The second kappa shape index (κ2) is 12.9. The Bertz CT molecular complexity index is 1170. The van der Waals surface area contributed by atoms with Crippen LogP contribution in [0.5, 0.6) is 5.75 Å². The molecule has 0 aromatic heterocycles. The fourth-order valence-corrected chi connectivity index (χ4v) is 5.30. The van der Waals surface area contributed by atoms with Crippen LogP contribution in [-0.2, 0) is 35.2 Å². The lowest BCUT2D eigenvalue weighted by molar-refractivity contribution is -0.149. The zero-order valence-corrected chi connectivity index (χ0v) is 22.3. The van der Waals surface area contributed by atoms with Crippen LogP contribution in [0.25, 0.3) is 0 Å². The van der Waals surface area contributed by atoms with Gasteiger partial charge in [-0.1, -0.05) is 67.9 Å². The van der Waals surface area contributed by atoms with Gasteiger partial charge >= 0.3 is 5.97 Å². The Balaban J connectivity index is 1.45. The van der Waals surface area contributed by atoms with Crippen LogP contribution in [0.2, 0.25) is 0 Å². The molecule has 1 N–H and O–H groups in total. The van der Waals surface area contributed by atoms with E-state index in [9.17, 15) is 9.90 Å². The number of likely N-dealkylation sites (N-methyl/N-ethyl adjacent to an activating group) is 1. The number of ether oxygens (including phenoxy) is 2. The smallest absolute Gasteiger partial charge is 0.333 e. The fourth-order valence-electron chi connectivity index (χ4n) is 5.30. The molecule has 0 saturated heterocycles. The van der Waals surface area contributed by atoms with E-state index in [4.69, 9.17) is 9.47 Å². The number of aryl methyl sites for hydroxylation is 3. The molecule has 0 heterocycles. The first-order chi connectivity index (χ1) is 18.0. The molecule has 0 fully saturated rings. The molecule has 0 radical (unpaired) electrons. The van der Waals surface area contributed by atoms with Gasteiger partial charge in [-0.2, -0.15) is 0 Å². The third-order valence-electron chi connectivity index (χ3n) is 7.20. The van der Waals surface area contributed by atoms with E-state index >= 15 is 0 Å². The molecular formula is C32H39NO4. The van der Waals surface area contributed by atoms with Crippen LogP contribution >= 0.6 is 0 Å². The minimum atomic E-state index is -0.936. The van der Waals surface area contributed by atoms with Crippen LogP contribution in [-0.4, -0.2) is 48.9 Å². The number of fused-ring (bicyclic) bond motifs is 2. The van der Waals surface area contributed by atoms with Gasteiger partial charge in [-0.25, -0.2) is 4.79 Å². The summed E-state index contributed by atoms with van der Waals surface area (Å²) < 4.78 is 11.4. The lowest BCUT2D eigenvalue weighted by Crippen LogP contribution is -2.30. The number of carboxylic acids is 1. The molecule has 1 aliphatic carbocycles. The van der Waals surface area contributed by atoms with Crippen LogP contribution in [0.4, 0.5) is 0 Å². The topological polar surface area (TPSA) is 59.0 Å². The molecule has 37 heavy (non-hydrogen) atoms. The third kappa shape index (κ3) is 6.79. The van der Waals surface area contributed by atoms with Crippen molar-refractivity contribution in [3.05, 3.63) is 100 Å². The standard InChI is InChI=1S/C32H39NO4/c1-4-8-23-11-14-26-16-15-25-9-6-7-10-28(25)31(29(26)21-23)33(3)19-20-37-27-17-12-24(13-18-27)22-30(32(34)35)36-5-2/h6-7,9-14,17-18,21,30-31H,4-5,8,15-16,19-20,22H2,1-3H3,(H,34,35). The Hall–Kier alpha value is -3.15. The molecule has 0 aliphatic heterocycles. The monoisotopic (exact) mass is 501 g/mol. The number of aliphatic carboxylic acids is 1. The molecule has 3 aromatic carbocycles. The summed E-state index contributed by atoms with van der Waals surface area (Å²) in [6, 6.07) is 23.8. The first-order valence-corrected chi connectivity index (χ1v) is 13.5. The van der Waals surface area contributed by atoms with Crippen molar-refractivity contribution in [3.8, 4) is 5.75 Å². The third-order valence-corrected chi connectivity index (χ3v) is 7.20. The highest BCUT2D eigenvalue weighted by atomic mass is 16.5. The number of hydrogen-bond donors (Lipinski definition) is 1. The fraction of sp³-hybridized carbons (Fsp3) is 0.406. The maximum Gasteiger partial charge on any atom is 0.333 e. The summed E-state index contributed by atoms with van der Waals surface area (Å²) in [7, 11) is 2.19. The molecule has 0 bridgehead atoms. The normalized spacial score (nSPS) is 15.5. The number of nitrogens with zero attached hydrogens (tertiary/aromatic N) is 1. The zero-order valence-electron chi connectivity index (χ0n) is 22.3. The molecule has 2 unspecified atom stereocenters. The van der Waals surface area contributed by atoms with Gasteiger partial charge in [0.05, 0.1) is 6.04 Å². The van der Waals surface area contributed by atoms with Gasteiger partial charge in [0.15, 0.2) is 6.10 Å². The van der Waals surface area contributed by atoms with Gasteiger partial charge < -0.3 is 14.6 Å². The summed E-state index contributed by atoms with van der Waals surface area (Å²) in [5.41, 5.74) is 8.01. The molecule has 3 aromatic rings. The molecule has 2 atom stereocenters. The summed E-state index contributed by atoms with van der Waals surface area (Å²) in [6.07, 6.45) is 3.89. The van der Waals surface area contributed by atoms with E-state index in [-0.39, 0.29) is 6.04 Å². The highest BCUT2D eigenvalue weighted by Gasteiger charge is 2.27. The van der Waals surface area contributed by atoms with Gasteiger partial charge in [0.2, 0.25) is 0 Å². The van der Waals surface area contributed by atoms with Crippen LogP contribution in [0.15, 0.2) is 66.7 Å². The second-order valence-corrected chi connectivity index (χ2v) is 9.84. The Morgan fingerprint density at radius 2 is 1.68 bits per heavy atom. The minimum absolute atomic E-state index is 0.197. The van der Waals surface area contributed by atoms with E-state index in [1.165, 1.54) is 27.8 Å². The maximum atomic E-state index is 11.4. The highest BCUT2D eigenvalue weighted by molar-refractivity contribution is 5.72. The number of carbonyl (C=O) groups is 1. The van der Waals surface area contributed by atoms with E-state index in [1.54, 1.807) is 6.92 Å². The lowest BCUT2D eigenvalue weighted by atomic mass is 9.91. The van der Waals surface area contributed by atoms with Gasteiger partial charge in [-0.05, 0) is 78.7 Å². The van der Waals surface area contributed by atoms with Gasteiger partial charge in [-0.3, -0.25) is 4.90 Å². The predicted molar refractivity (Wildman–Crippen MR) is 147 cm³/mol. The van der Waals surface area contributed by atoms with Crippen molar-refractivity contribution in [2.24, 2.45) is 0 Å². The first kappa shape index (κ1) is 26.9. The van der Waals surface area contributed by atoms with Gasteiger partial charge in [0.25, 0.3) is 0 Å². The molecular weight excluding hydrogens is 462 g/mol. The van der Waals surface area contributed by atoms with Gasteiger partial charge in [-0.15, -0.1) is 0 Å². The molecule has 5 nitrogen and oxygen atoms in total. The molecule has 4 rings (SSSR count). The maximum absolute atomic E-state index is 11.4. The molecule has 0 saturated carbocycles. The lowest BCUT2D eigenvalue weighted by Gasteiger charge is -2.30. The van der Waals surface area contributed by atoms with E-state index in [0.29, 0.717) is 19.6 Å². The van der Waals surface area contributed by atoms with Crippen molar-refractivity contribution >= 4 is 5.97 Å². The molecule has 1 aliphatic rings. The average Bonchev–Trinajstić information content (AvgIpc) is 3.06. The molecule has 196 valence electrons. The van der Waals surface area contributed by atoms with Crippen molar-refractivity contribution in [2.45, 2.75) is 58.1 Å². The number of benzene rings is 3. The number of carboxylic acid groups (broad SMARTS) is 1. The van der Waals surface area contributed by atoms with Crippen LogP contribution < -0.4 is 4.74 Å². The zero-order chi connectivity index (χ0) is 26.2. The number of hydrogen-bond acceptors (Lipinski definition) is 4. The summed E-state index contributed by atoms with van der Waals surface area (Å²) in [5.74, 6) is -0.152. The Morgan fingerprint density at radius 3 is 2.38 bits per heavy atom. The van der Waals surface area contributed by atoms with Crippen molar-refractivity contribution in [1.82, 2.24) is 4.90 Å². The Labute approximate surface area is 221 Å². The van der Waals surface area contributed by atoms with Gasteiger partial charge in [0, 0.05) is 19.6 Å². The van der Waals surface area contributed by atoms with Crippen LogP contribution in [0.1, 0.15) is 59.7 Å². The largest absolute Gasteiger partial charge is 0.492 e. The second-order valence-electron chi connectivity index (χ2n) is 9.84. The summed E-state index contributed by atoms with van der Waals surface area (Å²) in [5, 5.41) is 9.32. The SMILES string of the molecule is CCCc1ccc2c(c1)C(N(C)CCOc1ccc(CC(OCC)C(=O)O)cc1)c1ccccc1CC2. The Kier molecular flexibility index (Phi) is 9.37. The van der Waals surface area contributed by atoms with Crippen LogP contribution in [0.3, 0.4) is 0 Å². The summed E-state index contributed by atoms with van der Waals surface area (Å²) >= 11 is 0. The number of rotatable bonds is 12. The van der Waals surface area contributed by atoms with Crippen LogP contribution in [0, 0.1) is 0 Å². The average molecular weight is 502 g/mol. The molecule has 5 heteroatoms. The van der Waals surface area contributed by atoms with E-state index in [1.807, 2.05) is 24.3 Å². The summed E-state index contributed by atoms with van der Waals surface area (Å²) in [6.45, 7) is 5.76. The minimum Gasteiger partial charge on any atom is -0.492 e. The van der Waals surface area contributed by atoms with E-state index in [2.05, 4.69) is 61.3 Å².